The van der Waals surface area contributed by atoms with Crippen LogP contribution in [0.5, 0.6) is 0 Å². The van der Waals surface area contributed by atoms with E-state index in [0.29, 0.717) is 12.6 Å². The van der Waals surface area contributed by atoms with E-state index in [1.165, 1.54) is 19.3 Å². The van der Waals surface area contributed by atoms with Crippen molar-refractivity contribution in [2.45, 2.75) is 51.5 Å². The Bertz CT molecular complexity index is 512. The summed E-state index contributed by atoms with van der Waals surface area (Å²) in [6.07, 6.45) is 3.98. The van der Waals surface area contributed by atoms with Crippen molar-refractivity contribution in [3.8, 4) is 0 Å². The molecule has 0 spiro atoms. The molecule has 2 fully saturated rings. The number of piperidine rings is 1. The zero-order valence-corrected chi connectivity index (χ0v) is 13.2. The fourth-order valence-corrected chi connectivity index (χ4v) is 4.33. The van der Waals surface area contributed by atoms with Gasteiger partial charge in [0.25, 0.3) is 0 Å². The number of aromatic nitrogens is 1. The quantitative estimate of drug-likeness (QED) is 0.801. The molecule has 2 heterocycles. The van der Waals surface area contributed by atoms with Crippen molar-refractivity contribution in [2.24, 2.45) is 5.92 Å². The fourth-order valence-electron chi connectivity index (χ4n) is 3.26. The van der Waals surface area contributed by atoms with Crippen LogP contribution in [0.25, 0.3) is 0 Å². The Hall–Kier alpha value is -1.10. The molecular formula is C15H22N2O2S. The van der Waals surface area contributed by atoms with E-state index in [9.17, 15) is 4.79 Å². The molecule has 3 rings (SSSR count). The number of esters is 1. The minimum Gasteiger partial charge on any atom is -0.465 e. The lowest BCUT2D eigenvalue weighted by atomic mass is 9.90. The number of ether oxygens (including phenoxy) is 1. The summed E-state index contributed by atoms with van der Waals surface area (Å²) >= 11 is 1.66. The first-order chi connectivity index (χ1) is 9.52. The van der Waals surface area contributed by atoms with Crippen LogP contribution in [0.1, 0.15) is 45.7 Å². The molecule has 20 heavy (non-hydrogen) atoms. The zero-order chi connectivity index (χ0) is 14.3. The van der Waals surface area contributed by atoms with Crippen LogP contribution in [-0.2, 0) is 14.9 Å². The van der Waals surface area contributed by atoms with E-state index in [2.05, 4.69) is 4.90 Å². The van der Waals surface area contributed by atoms with Gasteiger partial charge in [-0.2, -0.15) is 0 Å². The smallest absolute Gasteiger partial charge is 0.317 e. The monoisotopic (exact) mass is 294 g/mol. The van der Waals surface area contributed by atoms with Gasteiger partial charge >= 0.3 is 5.97 Å². The number of carbonyl (C=O) groups excluding carboxylic acids is 1. The van der Waals surface area contributed by atoms with Gasteiger partial charge in [-0.25, -0.2) is 4.98 Å². The number of hydrogen-bond acceptors (Lipinski definition) is 5. The molecule has 0 N–H and O–H groups in total. The predicted molar refractivity (Wildman–Crippen MR) is 80.2 cm³/mol. The summed E-state index contributed by atoms with van der Waals surface area (Å²) in [6, 6.07) is 0.671. The Morgan fingerprint density at radius 1 is 1.55 bits per heavy atom. The predicted octanol–water partition coefficient (Wildman–Crippen LogP) is 2.97. The summed E-state index contributed by atoms with van der Waals surface area (Å²) in [6.45, 7) is 7.16. The molecular weight excluding hydrogens is 272 g/mol. The molecule has 2 bridgehead atoms. The highest BCUT2D eigenvalue weighted by atomic mass is 32.1. The van der Waals surface area contributed by atoms with Crippen LogP contribution in [0.2, 0.25) is 0 Å². The van der Waals surface area contributed by atoms with Crippen molar-refractivity contribution in [1.29, 1.82) is 0 Å². The second-order valence-electron chi connectivity index (χ2n) is 6.35. The van der Waals surface area contributed by atoms with Crippen molar-refractivity contribution >= 4 is 22.4 Å². The van der Waals surface area contributed by atoms with E-state index in [-0.39, 0.29) is 5.97 Å². The minimum absolute atomic E-state index is 0.195. The van der Waals surface area contributed by atoms with Gasteiger partial charge in [0, 0.05) is 18.0 Å². The molecule has 2 aliphatic rings. The maximum atomic E-state index is 12.1. The molecule has 4 nitrogen and oxygen atoms in total. The fraction of sp³-hybridized carbons (Fsp3) is 0.733. The van der Waals surface area contributed by atoms with E-state index in [1.807, 2.05) is 26.2 Å². The largest absolute Gasteiger partial charge is 0.465 e. The third-order valence-electron chi connectivity index (χ3n) is 4.57. The van der Waals surface area contributed by atoms with Gasteiger partial charge in [-0.15, -0.1) is 11.3 Å². The van der Waals surface area contributed by atoms with Crippen LogP contribution in [0, 0.1) is 5.92 Å². The number of rotatable bonds is 4. The third kappa shape index (κ3) is 2.22. The molecule has 1 saturated carbocycles. The number of hydrogen-bond donors (Lipinski definition) is 0. The van der Waals surface area contributed by atoms with Crippen LogP contribution in [0.3, 0.4) is 0 Å². The number of thiazole rings is 1. The van der Waals surface area contributed by atoms with Crippen molar-refractivity contribution in [2.75, 3.05) is 18.1 Å². The molecule has 1 aromatic heterocycles. The Labute approximate surface area is 124 Å². The summed E-state index contributed by atoms with van der Waals surface area (Å²) in [5, 5.41) is 3.09. The third-order valence-corrected chi connectivity index (χ3v) is 5.45. The molecule has 1 aliphatic heterocycles. The second kappa shape index (κ2) is 5.02. The van der Waals surface area contributed by atoms with Crippen molar-refractivity contribution in [3.05, 3.63) is 11.1 Å². The number of fused-ring (bicyclic) bond motifs is 2. The average Bonchev–Trinajstić information content (AvgIpc) is 3.14. The first-order valence-electron chi connectivity index (χ1n) is 7.42. The van der Waals surface area contributed by atoms with E-state index < -0.39 is 5.41 Å². The lowest BCUT2D eigenvalue weighted by Crippen LogP contribution is -2.33. The summed E-state index contributed by atoms with van der Waals surface area (Å²) in [5.74, 6) is 0.658. The average molecular weight is 294 g/mol. The highest BCUT2D eigenvalue weighted by molar-refractivity contribution is 7.13. The van der Waals surface area contributed by atoms with Gasteiger partial charge in [0.1, 0.15) is 5.41 Å². The van der Waals surface area contributed by atoms with Crippen LogP contribution >= 0.6 is 11.3 Å². The molecule has 2 atom stereocenters. The van der Waals surface area contributed by atoms with E-state index in [4.69, 9.17) is 9.72 Å². The van der Waals surface area contributed by atoms with Gasteiger partial charge in [0.15, 0.2) is 5.13 Å². The van der Waals surface area contributed by atoms with Gasteiger partial charge in [0.2, 0.25) is 0 Å². The lowest BCUT2D eigenvalue weighted by Gasteiger charge is -2.26. The highest BCUT2D eigenvalue weighted by Gasteiger charge is 2.40. The highest BCUT2D eigenvalue weighted by Crippen LogP contribution is 2.42. The van der Waals surface area contributed by atoms with E-state index >= 15 is 0 Å². The van der Waals surface area contributed by atoms with E-state index in [0.717, 1.165) is 23.3 Å². The molecule has 0 radical (unpaired) electrons. The second-order valence-corrected chi connectivity index (χ2v) is 7.18. The first kappa shape index (κ1) is 13.9. The first-order valence-corrected chi connectivity index (χ1v) is 8.30. The molecule has 1 aliphatic carbocycles. The number of nitrogens with zero attached hydrogens (tertiary/aromatic N) is 2. The molecule has 110 valence electrons. The molecule has 2 unspecified atom stereocenters. The normalized spacial score (nSPS) is 25.2. The van der Waals surface area contributed by atoms with Crippen LogP contribution in [-0.4, -0.2) is 30.1 Å². The van der Waals surface area contributed by atoms with Crippen LogP contribution in [0.4, 0.5) is 5.13 Å². The van der Waals surface area contributed by atoms with Crippen molar-refractivity contribution in [1.82, 2.24) is 4.98 Å². The van der Waals surface area contributed by atoms with E-state index in [1.54, 1.807) is 11.3 Å². The topological polar surface area (TPSA) is 42.4 Å². The van der Waals surface area contributed by atoms with Gasteiger partial charge in [0.05, 0.1) is 12.3 Å². The van der Waals surface area contributed by atoms with Gasteiger partial charge in [-0.1, -0.05) is 0 Å². The zero-order valence-electron chi connectivity index (χ0n) is 12.4. The Kier molecular flexibility index (Phi) is 3.48. The number of carbonyl (C=O) groups is 1. The maximum absolute atomic E-state index is 12.1. The molecule has 0 aromatic carbocycles. The standard InChI is InChI=1S/C15H22N2O2S/c1-4-19-13(18)15(2,3)12-9-20-14(16-12)17-8-10-5-6-11(17)7-10/h9-11H,4-8H2,1-3H3. The van der Waals surface area contributed by atoms with Crippen molar-refractivity contribution < 1.29 is 9.53 Å². The summed E-state index contributed by atoms with van der Waals surface area (Å²) in [5.41, 5.74) is 0.169. The Morgan fingerprint density at radius 2 is 2.35 bits per heavy atom. The number of anilines is 1. The maximum Gasteiger partial charge on any atom is 0.317 e. The minimum atomic E-state index is -0.663. The Morgan fingerprint density at radius 3 is 2.95 bits per heavy atom. The summed E-state index contributed by atoms with van der Waals surface area (Å²) in [4.78, 5) is 19.2. The van der Waals surface area contributed by atoms with Gasteiger partial charge in [-0.3, -0.25) is 4.79 Å². The molecule has 1 saturated heterocycles. The SMILES string of the molecule is CCOC(=O)C(C)(C)c1csc(N2CC3CCC2C3)n1. The summed E-state index contributed by atoms with van der Waals surface area (Å²) < 4.78 is 5.16. The van der Waals surface area contributed by atoms with Gasteiger partial charge < -0.3 is 9.64 Å². The molecule has 5 heteroatoms. The molecule has 0 amide bonds. The molecule has 1 aromatic rings. The van der Waals surface area contributed by atoms with Crippen LogP contribution in [0.15, 0.2) is 5.38 Å². The van der Waals surface area contributed by atoms with Crippen molar-refractivity contribution in [3.63, 3.8) is 0 Å². The Balaban J connectivity index is 1.78. The summed E-state index contributed by atoms with van der Waals surface area (Å²) in [7, 11) is 0. The van der Waals surface area contributed by atoms with Crippen LogP contribution < -0.4 is 4.90 Å². The van der Waals surface area contributed by atoms with Gasteiger partial charge in [-0.05, 0) is 46.0 Å². The lowest BCUT2D eigenvalue weighted by molar-refractivity contribution is -0.148.